The highest BCUT2D eigenvalue weighted by atomic mass is 35.5. The van der Waals surface area contributed by atoms with Gasteiger partial charge in [0, 0.05) is 5.56 Å². The topological polar surface area (TPSA) is 33.1 Å². The van der Waals surface area contributed by atoms with Crippen LogP contribution in [0.2, 0.25) is 5.15 Å². The number of rotatable bonds is 2. The fourth-order valence-corrected chi connectivity index (χ4v) is 1.63. The number of aromatic nitrogens is 1. The van der Waals surface area contributed by atoms with Crippen LogP contribution in [0.1, 0.15) is 5.56 Å². The summed E-state index contributed by atoms with van der Waals surface area (Å²) in [6.07, 6.45) is 0. The predicted molar refractivity (Wildman–Crippen MR) is 60.6 cm³/mol. The van der Waals surface area contributed by atoms with Crippen LogP contribution in [0.4, 0.5) is 0 Å². The number of nitrogens with zero attached hydrogens (tertiary/aromatic N) is 1. The summed E-state index contributed by atoms with van der Waals surface area (Å²) in [7, 11) is 0. The number of pyridine rings is 1. The standard InChI is InChI=1S/C12H10ClNO/c13-12-7-9(8-15)6-11(14-12)10-4-2-1-3-5-10/h1-7,15H,8H2. The van der Waals surface area contributed by atoms with Gasteiger partial charge >= 0.3 is 0 Å². The molecule has 0 fully saturated rings. The van der Waals surface area contributed by atoms with Crippen molar-refractivity contribution in [3.63, 3.8) is 0 Å². The maximum Gasteiger partial charge on any atom is 0.130 e. The Hall–Kier alpha value is -1.38. The molecule has 0 unspecified atom stereocenters. The maximum atomic E-state index is 9.05. The third kappa shape index (κ3) is 2.35. The molecule has 0 bridgehead atoms. The summed E-state index contributed by atoms with van der Waals surface area (Å²) in [4.78, 5) is 4.21. The number of aliphatic hydroxyl groups excluding tert-OH is 1. The van der Waals surface area contributed by atoms with E-state index in [9.17, 15) is 0 Å². The van der Waals surface area contributed by atoms with E-state index in [1.165, 1.54) is 0 Å². The Balaban J connectivity index is 2.49. The van der Waals surface area contributed by atoms with Gasteiger partial charge in [0.2, 0.25) is 0 Å². The quantitative estimate of drug-likeness (QED) is 0.788. The first-order chi connectivity index (χ1) is 7.29. The highest BCUT2D eigenvalue weighted by molar-refractivity contribution is 6.29. The van der Waals surface area contributed by atoms with Gasteiger partial charge < -0.3 is 5.11 Å². The molecule has 15 heavy (non-hydrogen) atoms. The van der Waals surface area contributed by atoms with Crippen LogP contribution in [0, 0.1) is 0 Å². The Labute approximate surface area is 93.2 Å². The van der Waals surface area contributed by atoms with Crippen LogP contribution in [0.3, 0.4) is 0 Å². The molecule has 0 saturated heterocycles. The summed E-state index contributed by atoms with van der Waals surface area (Å²) in [6.45, 7) is -0.0257. The molecule has 0 atom stereocenters. The molecule has 0 aliphatic carbocycles. The summed E-state index contributed by atoms with van der Waals surface area (Å²) >= 11 is 5.86. The summed E-state index contributed by atoms with van der Waals surface area (Å²) in [5.74, 6) is 0. The fourth-order valence-electron chi connectivity index (χ4n) is 1.40. The average molecular weight is 220 g/mol. The zero-order valence-corrected chi connectivity index (χ0v) is 8.78. The number of aliphatic hydroxyl groups is 1. The minimum Gasteiger partial charge on any atom is -0.392 e. The van der Waals surface area contributed by atoms with E-state index < -0.39 is 0 Å². The molecule has 0 aliphatic rings. The first kappa shape index (κ1) is 10.1. The molecule has 1 heterocycles. The Bertz CT molecular complexity index is 456. The van der Waals surface area contributed by atoms with Crippen molar-refractivity contribution < 1.29 is 5.11 Å². The van der Waals surface area contributed by atoms with Crippen molar-refractivity contribution in [2.24, 2.45) is 0 Å². The van der Waals surface area contributed by atoms with Crippen LogP contribution < -0.4 is 0 Å². The molecule has 1 aromatic heterocycles. The van der Waals surface area contributed by atoms with Crippen molar-refractivity contribution in [1.82, 2.24) is 4.98 Å². The molecule has 0 saturated carbocycles. The van der Waals surface area contributed by atoms with Crippen molar-refractivity contribution >= 4 is 11.6 Å². The summed E-state index contributed by atoms with van der Waals surface area (Å²) in [5.41, 5.74) is 2.55. The lowest BCUT2D eigenvalue weighted by Crippen LogP contribution is -1.89. The Kier molecular flexibility index (Phi) is 2.99. The molecule has 2 rings (SSSR count). The second kappa shape index (κ2) is 4.43. The first-order valence-corrected chi connectivity index (χ1v) is 5.00. The molecule has 1 N–H and O–H groups in total. The minimum atomic E-state index is -0.0257. The van der Waals surface area contributed by atoms with Gasteiger partial charge in [0.1, 0.15) is 5.15 Å². The van der Waals surface area contributed by atoms with Crippen molar-refractivity contribution in [2.45, 2.75) is 6.61 Å². The lowest BCUT2D eigenvalue weighted by molar-refractivity contribution is 0.282. The van der Waals surface area contributed by atoms with E-state index in [0.717, 1.165) is 16.8 Å². The molecule has 0 amide bonds. The molecule has 76 valence electrons. The highest BCUT2D eigenvalue weighted by Crippen LogP contribution is 2.20. The zero-order chi connectivity index (χ0) is 10.7. The van der Waals surface area contributed by atoms with E-state index in [1.54, 1.807) is 6.07 Å². The Morgan fingerprint density at radius 3 is 2.53 bits per heavy atom. The summed E-state index contributed by atoms with van der Waals surface area (Å²) < 4.78 is 0. The highest BCUT2D eigenvalue weighted by Gasteiger charge is 2.02. The third-order valence-electron chi connectivity index (χ3n) is 2.11. The van der Waals surface area contributed by atoms with E-state index in [4.69, 9.17) is 16.7 Å². The van der Waals surface area contributed by atoms with E-state index in [0.29, 0.717) is 5.15 Å². The van der Waals surface area contributed by atoms with Crippen LogP contribution in [0.25, 0.3) is 11.3 Å². The summed E-state index contributed by atoms with van der Waals surface area (Å²) in [6, 6.07) is 13.2. The Morgan fingerprint density at radius 2 is 1.87 bits per heavy atom. The van der Waals surface area contributed by atoms with Crippen LogP contribution in [-0.4, -0.2) is 10.1 Å². The van der Waals surface area contributed by atoms with E-state index in [2.05, 4.69) is 4.98 Å². The molecular formula is C12H10ClNO. The molecule has 0 radical (unpaired) electrons. The van der Waals surface area contributed by atoms with Crippen LogP contribution in [0.15, 0.2) is 42.5 Å². The van der Waals surface area contributed by atoms with Crippen molar-refractivity contribution in [3.8, 4) is 11.3 Å². The smallest absolute Gasteiger partial charge is 0.130 e. The number of hydrogen-bond donors (Lipinski definition) is 1. The van der Waals surface area contributed by atoms with Crippen LogP contribution in [-0.2, 0) is 6.61 Å². The van der Waals surface area contributed by atoms with E-state index >= 15 is 0 Å². The van der Waals surface area contributed by atoms with Gasteiger partial charge in [0.15, 0.2) is 0 Å². The number of halogens is 1. The third-order valence-corrected chi connectivity index (χ3v) is 2.30. The largest absolute Gasteiger partial charge is 0.392 e. The van der Waals surface area contributed by atoms with Gasteiger partial charge in [-0.25, -0.2) is 4.98 Å². The van der Waals surface area contributed by atoms with Crippen LogP contribution >= 0.6 is 11.6 Å². The predicted octanol–water partition coefficient (Wildman–Crippen LogP) is 2.89. The molecule has 0 aliphatic heterocycles. The number of hydrogen-bond acceptors (Lipinski definition) is 2. The van der Waals surface area contributed by atoms with Crippen molar-refractivity contribution in [2.75, 3.05) is 0 Å². The molecule has 2 nitrogen and oxygen atoms in total. The maximum absolute atomic E-state index is 9.05. The van der Waals surface area contributed by atoms with Crippen molar-refractivity contribution in [3.05, 3.63) is 53.2 Å². The van der Waals surface area contributed by atoms with Gasteiger partial charge in [0.25, 0.3) is 0 Å². The Morgan fingerprint density at radius 1 is 1.13 bits per heavy atom. The van der Waals surface area contributed by atoms with Crippen molar-refractivity contribution in [1.29, 1.82) is 0 Å². The van der Waals surface area contributed by atoms with Gasteiger partial charge in [-0.15, -0.1) is 0 Å². The van der Waals surface area contributed by atoms with Gasteiger partial charge in [-0.3, -0.25) is 0 Å². The lowest BCUT2D eigenvalue weighted by Gasteiger charge is -2.03. The molecule has 2 aromatic rings. The zero-order valence-electron chi connectivity index (χ0n) is 8.02. The average Bonchev–Trinajstić information content (AvgIpc) is 2.29. The minimum absolute atomic E-state index is 0.0257. The summed E-state index contributed by atoms with van der Waals surface area (Å²) in [5, 5.41) is 9.45. The molecule has 3 heteroatoms. The van der Waals surface area contributed by atoms with Gasteiger partial charge in [0.05, 0.1) is 12.3 Å². The van der Waals surface area contributed by atoms with Gasteiger partial charge in [-0.2, -0.15) is 0 Å². The van der Waals surface area contributed by atoms with Crippen LogP contribution in [0.5, 0.6) is 0 Å². The SMILES string of the molecule is OCc1cc(Cl)nc(-c2ccccc2)c1. The fraction of sp³-hybridized carbons (Fsp3) is 0.0833. The van der Waals surface area contributed by atoms with Gasteiger partial charge in [-0.1, -0.05) is 41.9 Å². The second-order valence-electron chi connectivity index (χ2n) is 3.21. The monoisotopic (exact) mass is 219 g/mol. The normalized spacial score (nSPS) is 10.3. The molecule has 0 spiro atoms. The lowest BCUT2D eigenvalue weighted by atomic mass is 10.1. The molecule has 1 aromatic carbocycles. The first-order valence-electron chi connectivity index (χ1n) is 4.62. The number of benzene rings is 1. The van der Waals surface area contributed by atoms with E-state index in [1.807, 2.05) is 36.4 Å². The van der Waals surface area contributed by atoms with Gasteiger partial charge in [-0.05, 0) is 17.7 Å². The molecular weight excluding hydrogens is 210 g/mol. The van der Waals surface area contributed by atoms with E-state index in [-0.39, 0.29) is 6.61 Å². The second-order valence-corrected chi connectivity index (χ2v) is 3.59.